The van der Waals surface area contributed by atoms with Gasteiger partial charge in [-0.25, -0.2) is 4.98 Å². The molecular formula is C13H13NO2S. The summed E-state index contributed by atoms with van der Waals surface area (Å²) in [7, 11) is 0. The predicted octanol–water partition coefficient (Wildman–Crippen LogP) is 3.35. The zero-order valence-electron chi connectivity index (χ0n) is 9.98. The quantitative estimate of drug-likeness (QED) is 0.764. The number of hydrogen-bond acceptors (Lipinski definition) is 4. The molecule has 0 bridgehead atoms. The van der Waals surface area contributed by atoms with Crippen LogP contribution in [0.5, 0.6) is 5.88 Å². The molecule has 0 fully saturated rings. The summed E-state index contributed by atoms with van der Waals surface area (Å²) in [6, 6.07) is 6.22. The van der Waals surface area contributed by atoms with Gasteiger partial charge in [0.05, 0.1) is 5.38 Å². The molecule has 0 saturated carbocycles. The van der Waals surface area contributed by atoms with E-state index in [0.717, 1.165) is 10.6 Å². The summed E-state index contributed by atoms with van der Waals surface area (Å²) in [6.45, 7) is 5.46. The maximum absolute atomic E-state index is 10.8. The molecule has 1 heterocycles. The number of aryl methyl sites for hydroxylation is 2. The molecule has 1 aromatic heterocycles. The van der Waals surface area contributed by atoms with Crippen molar-refractivity contribution in [2.24, 2.45) is 0 Å². The van der Waals surface area contributed by atoms with Crippen molar-refractivity contribution in [2.45, 2.75) is 20.8 Å². The maximum Gasteiger partial charge on any atom is 0.309 e. The average molecular weight is 247 g/mol. The van der Waals surface area contributed by atoms with Crippen LogP contribution in [0.4, 0.5) is 0 Å². The minimum atomic E-state index is -0.345. The van der Waals surface area contributed by atoms with Crippen LogP contribution in [0.1, 0.15) is 18.1 Å². The first-order chi connectivity index (χ1) is 8.06. The lowest BCUT2D eigenvalue weighted by atomic mass is 10.1. The van der Waals surface area contributed by atoms with Crippen LogP contribution in [0.25, 0.3) is 10.6 Å². The maximum atomic E-state index is 10.8. The fourth-order valence-electron chi connectivity index (χ4n) is 1.54. The van der Waals surface area contributed by atoms with E-state index in [0.29, 0.717) is 5.88 Å². The Morgan fingerprint density at radius 3 is 2.82 bits per heavy atom. The molecule has 0 amide bonds. The van der Waals surface area contributed by atoms with Crippen LogP contribution < -0.4 is 4.74 Å². The lowest BCUT2D eigenvalue weighted by Gasteiger charge is -2.03. The van der Waals surface area contributed by atoms with Gasteiger partial charge in [-0.1, -0.05) is 17.7 Å². The number of carbonyl (C=O) groups is 1. The second-order valence-corrected chi connectivity index (χ2v) is 4.76. The first-order valence-corrected chi connectivity index (χ1v) is 6.16. The van der Waals surface area contributed by atoms with Gasteiger partial charge < -0.3 is 4.74 Å². The van der Waals surface area contributed by atoms with Crippen molar-refractivity contribution in [3.05, 3.63) is 34.7 Å². The molecule has 17 heavy (non-hydrogen) atoms. The highest BCUT2D eigenvalue weighted by Crippen LogP contribution is 2.30. The highest BCUT2D eigenvalue weighted by Gasteiger charge is 2.09. The van der Waals surface area contributed by atoms with Crippen molar-refractivity contribution in [3.63, 3.8) is 0 Å². The molecule has 4 heteroatoms. The van der Waals surface area contributed by atoms with Gasteiger partial charge >= 0.3 is 5.97 Å². The fourth-order valence-corrected chi connectivity index (χ4v) is 2.35. The van der Waals surface area contributed by atoms with E-state index in [4.69, 9.17) is 4.74 Å². The fraction of sp³-hybridized carbons (Fsp3) is 0.231. The normalized spacial score (nSPS) is 10.3. The molecule has 1 aromatic carbocycles. The minimum Gasteiger partial charge on any atom is -0.407 e. The lowest BCUT2D eigenvalue weighted by Crippen LogP contribution is -2.01. The van der Waals surface area contributed by atoms with Gasteiger partial charge in [0.25, 0.3) is 0 Å². The standard InChI is InChI=1S/C13H13NO2S/c1-8-4-5-9(2)11(6-8)13-14-12(7-17-13)16-10(3)15/h4-7H,1-3H3. The minimum absolute atomic E-state index is 0.345. The molecule has 88 valence electrons. The van der Waals surface area contributed by atoms with Gasteiger partial charge in [-0.05, 0) is 25.5 Å². The number of aromatic nitrogens is 1. The van der Waals surface area contributed by atoms with Crippen LogP contribution in [0.3, 0.4) is 0 Å². The largest absolute Gasteiger partial charge is 0.407 e. The molecule has 2 rings (SSSR count). The summed E-state index contributed by atoms with van der Waals surface area (Å²) in [5, 5.41) is 2.63. The number of hydrogen-bond donors (Lipinski definition) is 0. The predicted molar refractivity (Wildman–Crippen MR) is 68.3 cm³/mol. The molecule has 0 unspecified atom stereocenters. The molecular weight excluding hydrogens is 234 g/mol. The van der Waals surface area contributed by atoms with Crippen LogP contribution in [0.15, 0.2) is 23.6 Å². The van der Waals surface area contributed by atoms with E-state index in [1.807, 2.05) is 13.8 Å². The Morgan fingerprint density at radius 1 is 1.35 bits per heavy atom. The Balaban J connectivity index is 2.36. The Labute approximate surface area is 104 Å². The Hall–Kier alpha value is -1.68. The monoisotopic (exact) mass is 247 g/mol. The van der Waals surface area contributed by atoms with E-state index >= 15 is 0 Å². The topological polar surface area (TPSA) is 39.2 Å². The summed E-state index contributed by atoms with van der Waals surface area (Å²) in [5.41, 5.74) is 3.45. The second kappa shape index (κ2) is 4.67. The van der Waals surface area contributed by atoms with E-state index in [2.05, 4.69) is 23.2 Å². The molecule has 0 aliphatic carbocycles. The molecule has 0 aliphatic rings. The van der Waals surface area contributed by atoms with Crippen LogP contribution in [-0.2, 0) is 4.79 Å². The molecule has 0 saturated heterocycles. The number of ether oxygens (including phenoxy) is 1. The Morgan fingerprint density at radius 2 is 2.12 bits per heavy atom. The first kappa shape index (κ1) is 11.8. The van der Waals surface area contributed by atoms with Gasteiger partial charge in [-0.15, -0.1) is 11.3 Å². The third-order valence-electron chi connectivity index (χ3n) is 2.35. The third kappa shape index (κ3) is 2.71. The highest BCUT2D eigenvalue weighted by molar-refractivity contribution is 7.13. The van der Waals surface area contributed by atoms with Gasteiger partial charge in [0.1, 0.15) is 5.01 Å². The van der Waals surface area contributed by atoms with Crippen molar-refractivity contribution in [2.75, 3.05) is 0 Å². The van der Waals surface area contributed by atoms with Crippen LogP contribution in [0, 0.1) is 13.8 Å². The molecule has 2 aromatic rings. The first-order valence-electron chi connectivity index (χ1n) is 5.28. The van der Waals surface area contributed by atoms with Gasteiger partial charge in [0, 0.05) is 12.5 Å². The van der Waals surface area contributed by atoms with Crippen molar-refractivity contribution in [1.29, 1.82) is 0 Å². The smallest absolute Gasteiger partial charge is 0.309 e. The number of nitrogens with zero attached hydrogens (tertiary/aromatic N) is 1. The summed E-state index contributed by atoms with van der Waals surface area (Å²) in [6.07, 6.45) is 0. The van der Waals surface area contributed by atoms with E-state index in [9.17, 15) is 4.79 Å². The van der Waals surface area contributed by atoms with Crippen LogP contribution in [0.2, 0.25) is 0 Å². The number of esters is 1. The highest BCUT2D eigenvalue weighted by atomic mass is 32.1. The SMILES string of the molecule is CC(=O)Oc1csc(-c2cc(C)ccc2C)n1. The van der Waals surface area contributed by atoms with Crippen LogP contribution in [-0.4, -0.2) is 11.0 Å². The zero-order chi connectivity index (χ0) is 12.4. The van der Waals surface area contributed by atoms with Crippen LogP contribution >= 0.6 is 11.3 Å². The second-order valence-electron chi connectivity index (χ2n) is 3.90. The van der Waals surface area contributed by atoms with Gasteiger partial charge in [-0.3, -0.25) is 4.79 Å². The summed E-state index contributed by atoms with van der Waals surface area (Å²) < 4.78 is 4.95. The molecule has 3 nitrogen and oxygen atoms in total. The average Bonchev–Trinajstić information content (AvgIpc) is 2.69. The molecule has 0 atom stereocenters. The van der Waals surface area contributed by atoms with E-state index in [1.165, 1.54) is 29.4 Å². The van der Waals surface area contributed by atoms with Crippen molar-refractivity contribution < 1.29 is 9.53 Å². The van der Waals surface area contributed by atoms with Gasteiger partial charge in [-0.2, -0.15) is 0 Å². The van der Waals surface area contributed by atoms with Crippen molar-refractivity contribution >= 4 is 17.3 Å². The number of benzene rings is 1. The van der Waals surface area contributed by atoms with Gasteiger partial charge in [0.2, 0.25) is 5.88 Å². The van der Waals surface area contributed by atoms with Gasteiger partial charge in [0.15, 0.2) is 0 Å². The number of rotatable bonds is 2. The third-order valence-corrected chi connectivity index (χ3v) is 3.21. The van der Waals surface area contributed by atoms with E-state index in [1.54, 1.807) is 5.38 Å². The van der Waals surface area contributed by atoms with Crippen molar-refractivity contribution in [1.82, 2.24) is 4.98 Å². The molecule has 0 aliphatic heterocycles. The summed E-state index contributed by atoms with van der Waals surface area (Å²) in [4.78, 5) is 15.1. The zero-order valence-corrected chi connectivity index (χ0v) is 10.8. The molecule has 0 spiro atoms. The number of carbonyl (C=O) groups excluding carboxylic acids is 1. The summed E-state index contributed by atoms with van der Waals surface area (Å²) >= 11 is 1.48. The molecule has 0 radical (unpaired) electrons. The molecule has 0 N–H and O–H groups in total. The Bertz CT molecular complexity index is 560. The lowest BCUT2D eigenvalue weighted by molar-refractivity contribution is -0.132. The Kier molecular flexibility index (Phi) is 3.24. The van der Waals surface area contributed by atoms with Crippen molar-refractivity contribution in [3.8, 4) is 16.5 Å². The summed E-state index contributed by atoms with van der Waals surface area (Å²) in [5.74, 6) is 0.0289. The van der Waals surface area contributed by atoms with E-state index < -0.39 is 0 Å². The van der Waals surface area contributed by atoms with E-state index in [-0.39, 0.29) is 5.97 Å². The number of thiazole rings is 1.